The highest BCUT2D eigenvalue weighted by atomic mass is 32.2. The van der Waals surface area contributed by atoms with E-state index in [4.69, 9.17) is 0 Å². The number of carbonyl (C=O) groups is 1. The Morgan fingerprint density at radius 1 is 1.47 bits per heavy atom. The van der Waals surface area contributed by atoms with E-state index in [2.05, 4.69) is 10.6 Å². The minimum absolute atomic E-state index is 0.0351. The molecule has 0 aromatic heterocycles. The Morgan fingerprint density at radius 3 is 2.94 bits per heavy atom. The van der Waals surface area contributed by atoms with E-state index in [-0.39, 0.29) is 35.9 Å². The first-order valence-electron chi connectivity index (χ1n) is 5.86. The standard InChI is InChI=1S/C10H18N2O3S2/c13-10(12-8-1-3-16-6-8)5-9-7-17(14,15)4-2-11-9/h8-9,11H,1-7H2,(H,12,13). The van der Waals surface area contributed by atoms with Gasteiger partial charge in [-0.25, -0.2) is 8.42 Å². The Morgan fingerprint density at radius 2 is 2.29 bits per heavy atom. The van der Waals surface area contributed by atoms with Crippen molar-refractivity contribution in [3.63, 3.8) is 0 Å². The van der Waals surface area contributed by atoms with Crippen molar-refractivity contribution in [1.82, 2.24) is 10.6 Å². The molecule has 0 aromatic carbocycles. The van der Waals surface area contributed by atoms with Gasteiger partial charge in [0.1, 0.15) is 0 Å². The third kappa shape index (κ3) is 4.15. The Labute approximate surface area is 106 Å². The number of rotatable bonds is 3. The van der Waals surface area contributed by atoms with Crippen molar-refractivity contribution in [3.8, 4) is 0 Å². The van der Waals surface area contributed by atoms with E-state index < -0.39 is 9.84 Å². The lowest BCUT2D eigenvalue weighted by Gasteiger charge is -2.23. The van der Waals surface area contributed by atoms with E-state index in [1.165, 1.54) is 0 Å². The van der Waals surface area contributed by atoms with E-state index in [1.54, 1.807) is 0 Å². The molecule has 0 aromatic rings. The molecule has 2 saturated heterocycles. The molecule has 0 spiro atoms. The molecule has 2 unspecified atom stereocenters. The fourth-order valence-electron chi connectivity index (χ4n) is 2.16. The first-order chi connectivity index (χ1) is 8.05. The van der Waals surface area contributed by atoms with Gasteiger partial charge in [0.15, 0.2) is 9.84 Å². The SMILES string of the molecule is O=C(CC1CS(=O)(=O)CCN1)NC1CCSC1. The summed E-state index contributed by atoms with van der Waals surface area (Å²) < 4.78 is 22.8. The normalized spacial score (nSPS) is 32.2. The van der Waals surface area contributed by atoms with Crippen LogP contribution in [0.2, 0.25) is 0 Å². The van der Waals surface area contributed by atoms with Crippen molar-refractivity contribution < 1.29 is 13.2 Å². The second-order valence-electron chi connectivity index (χ2n) is 4.60. The topological polar surface area (TPSA) is 75.3 Å². The molecule has 98 valence electrons. The van der Waals surface area contributed by atoms with Crippen molar-refractivity contribution >= 4 is 27.5 Å². The number of sulfone groups is 1. The molecule has 2 aliphatic heterocycles. The summed E-state index contributed by atoms with van der Waals surface area (Å²) >= 11 is 1.84. The van der Waals surface area contributed by atoms with Gasteiger partial charge >= 0.3 is 0 Å². The predicted molar refractivity (Wildman–Crippen MR) is 68.9 cm³/mol. The Bertz CT molecular complexity index is 377. The van der Waals surface area contributed by atoms with Crippen LogP contribution in [0.1, 0.15) is 12.8 Å². The second-order valence-corrected chi connectivity index (χ2v) is 7.98. The van der Waals surface area contributed by atoms with Crippen LogP contribution in [-0.4, -0.2) is 56.0 Å². The van der Waals surface area contributed by atoms with Gasteiger partial charge < -0.3 is 10.6 Å². The number of hydrogen-bond donors (Lipinski definition) is 2. The van der Waals surface area contributed by atoms with Gasteiger partial charge in [0.2, 0.25) is 5.91 Å². The summed E-state index contributed by atoms with van der Waals surface area (Å²) in [7, 11) is -2.95. The Kier molecular flexibility index (Phi) is 4.32. The first kappa shape index (κ1) is 13.2. The number of hydrogen-bond acceptors (Lipinski definition) is 5. The lowest BCUT2D eigenvalue weighted by molar-refractivity contribution is -0.122. The van der Waals surface area contributed by atoms with Gasteiger partial charge in [-0.3, -0.25) is 4.79 Å². The van der Waals surface area contributed by atoms with E-state index in [9.17, 15) is 13.2 Å². The van der Waals surface area contributed by atoms with Crippen LogP contribution in [0.15, 0.2) is 0 Å². The molecule has 2 rings (SSSR count). The zero-order valence-electron chi connectivity index (χ0n) is 9.65. The maximum absolute atomic E-state index is 11.7. The molecule has 0 aliphatic carbocycles. The second kappa shape index (κ2) is 5.58. The first-order valence-corrected chi connectivity index (χ1v) is 8.84. The smallest absolute Gasteiger partial charge is 0.221 e. The molecule has 0 radical (unpaired) electrons. The highest BCUT2D eigenvalue weighted by Gasteiger charge is 2.27. The van der Waals surface area contributed by atoms with Crippen LogP contribution in [0.3, 0.4) is 0 Å². The number of carbonyl (C=O) groups excluding carboxylic acids is 1. The molecular weight excluding hydrogens is 260 g/mol. The molecule has 2 N–H and O–H groups in total. The van der Waals surface area contributed by atoms with Crippen LogP contribution in [-0.2, 0) is 14.6 Å². The fourth-order valence-corrected chi connectivity index (χ4v) is 4.75. The zero-order valence-corrected chi connectivity index (χ0v) is 11.3. The maximum atomic E-state index is 11.7. The lowest BCUT2D eigenvalue weighted by Crippen LogP contribution is -2.48. The summed E-state index contributed by atoms with van der Waals surface area (Å²) in [5, 5.41) is 6.04. The van der Waals surface area contributed by atoms with E-state index >= 15 is 0 Å². The van der Waals surface area contributed by atoms with Gasteiger partial charge in [-0.2, -0.15) is 11.8 Å². The predicted octanol–water partition coefficient (Wildman–Crippen LogP) is -0.615. The Hall–Kier alpha value is -0.270. The van der Waals surface area contributed by atoms with Gasteiger partial charge in [-0.05, 0) is 12.2 Å². The van der Waals surface area contributed by atoms with Crippen molar-refractivity contribution in [3.05, 3.63) is 0 Å². The average molecular weight is 278 g/mol. The van der Waals surface area contributed by atoms with Gasteiger partial charge in [0.05, 0.1) is 11.5 Å². The molecule has 0 bridgehead atoms. The number of thioether (sulfide) groups is 1. The van der Waals surface area contributed by atoms with Crippen LogP contribution < -0.4 is 10.6 Å². The molecular formula is C10H18N2O3S2. The highest BCUT2D eigenvalue weighted by Crippen LogP contribution is 2.17. The quantitative estimate of drug-likeness (QED) is 0.720. The zero-order chi connectivity index (χ0) is 12.3. The highest BCUT2D eigenvalue weighted by molar-refractivity contribution is 7.99. The summed E-state index contributed by atoms with van der Waals surface area (Å²) in [5.41, 5.74) is 0. The molecule has 17 heavy (non-hydrogen) atoms. The summed E-state index contributed by atoms with van der Waals surface area (Å²) in [6.07, 6.45) is 1.28. The molecule has 2 atom stereocenters. The minimum atomic E-state index is -2.95. The van der Waals surface area contributed by atoms with Crippen molar-refractivity contribution in [2.24, 2.45) is 0 Å². The lowest BCUT2D eigenvalue weighted by atomic mass is 10.2. The summed E-state index contributed by atoms with van der Waals surface area (Å²) in [6, 6.07) is 0.0514. The third-order valence-corrected chi connectivity index (χ3v) is 5.93. The van der Waals surface area contributed by atoms with Crippen LogP contribution in [0.5, 0.6) is 0 Å². The molecule has 2 aliphatic rings. The van der Waals surface area contributed by atoms with Gasteiger partial charge in [0, 0.05) is 30.8 Å². The van der Waals surface area contributed by atoms with Gasteiger partial charge in [-0.1, -0.05) is 0 Å². The van der Waals surface area contributed by atoms with Crippen molar-refractivity contribution in [2.75, 3.05) is 29.6 Å². The molecule has 0 saturated carbocycles. The molecule has 2 fully saturated rings. The Balaban J connectivity index is 1.77. The van der Waals surface area contributed by atoms with Crippen molar-refractivity contribution in [1.29, 1.82) is 0 Å². The van der Waals surface area contributed by atoms with Gasteiger partial charge in [0.25, 0.3) is 0 Å². The minimum Gasteiger partial charge on any atom is -0.352 e. The van der Waals surface area contributed by atoms with Crippen LogP contribution in [0.4, 0.5) is 0 Å². The molecule has 1 amide bonds. The van der Waals surface area contributed by atoms with Crippen LogP contribution >= 0.6 is 11.8 Å². The number of nitrogens with one attached hydrogen (secondary N) is 2. The van der Waals surface area contributed by atoms with E-state index in [0.717, 1.165) is 17.9 Å². The summed E-state index contributed by atoms with van der Waals surface area (Å²) in [6.45, 7) is 0.458. The molecule has 2 heterocycles. The van der Waals surface area contributed by atoms with E-state index in [1.807, 2.05) is 11.8 Å². The average Bonchev–Trinajstić information content (AvgIpc) is 2.68. The van der Waals surface area contributed by atoms with Crippen LogP contribution in [0.25, 0.3) is 0 Å². The third-order valence-electron chi connectivity index (χ3n) is 3.03. The van der Waals surface area contributed by atoms with Crippen molar-refractivity contribution in [2.45, 2.75) is 24.9 Å². The summed E-state index contributed by atoms with van der Waals surface area (Å²) in [5.74, 6) is 2.31. The fraction of sp³-hybridized carbons (Fsp3) is 0.900. The monoisotopic (exact) mass is 278 g/mol. The van der Waals surface area contributed by atoms with Gasteiger partial charge in [-0.15, -0.1) is 0 Å². The largest absolute Gasteiger partial charge is 0.352 e. The van der Waals surface area contributed by atoms with Crippen LogP contribution in [0, 0.1) is 0 Å². The maximum Gasteiger partial charge on any atom is 0.221 e. The van der Waals surface area contributed by atoms with E-state index in [0.29, 0.717) is 6.54 Å². The molecule has 5 nitrogen and oxygen atoms in total. The number of amides is 1. The molecule has 7 heteroatoms. The summed E-state index contributed by atoms with van der Waals surface area (Å²) in [4.78, 5) is 11.7.